The minimum atomic E-state index is -0.269. The van der Waals surface area contributed by atoms with Crippen LogP contribution in [0.5, 0.6) is 5.75 Å². The van der Waals surface area contributed by atoms with Gasteiger partial charge in [-0.05, 0) is 55.1 Å². The topological polar surface area (TPSA) is 68.5 Å². The first-order chi connectivity index (χ1) is 15.0. The molecule has 3 aromatic carbocycles. The number of aryl methyl sites for hydroxylation is 1. The molecule has 0 fully saturated rings. The molecule has 0 saturated heterocycles. The second kappa shape index (κ2) is 9.10. The quantitative estimate of drug-likeness (QED) is 0.408. The Kier molecular flexibility index (Phi) is 6.09. The van der Waals surface area contributed by atoms with Gasteiger partial charge < -0.3 is 14.5 Å². The van der Waals surface area contributed by atoms with E-state index in [0.29, 0.717) is 33.7 Å². The van der Waals surface area contributed by atoms with Gasteiger partial charge in [-0.25, -0.2) is 0 Å². The predicted molar refractivity (Wildman–Crippen MR) is 125 cm³/mol. The number of ether oxygens (including phenoxy) is 1. The van der Waals surface area contributed by atoms with Gasteiger partial charge in [0.2, 0.25) is 5.43 Å². The fraction of sp³-hybridized carbons (Fsp3) is 0.120. The number of amides is 1. The van der Waals surface area contributed by atoms with Crippen LogP contribution in [0.15, 0.2) is 86.9 Å². The Bertz CT molecular complexity index is 1280. The number of thioether (sulfide) groups is 1. The zero-order valence-corrected chi connectivity index (χ0v) is 18.0. The standard InChI is InChI=1S/C25H21NO4S/c1-16-24(17-6-4-3-5-7-17)25(28)21-13-10-19(14-22(21)30-16)29-15-23(27)26-18-8-11-20(31-2)12-9-18/h3-14H,15H2,1-2H3,(H,26,27). The highest BCUT2D eigenvalue weighted by Crippen LogP contribution is 2.26. The molecule has 0 spiro atoms. The first-order valence-electron chi connectivity index (χ1n) is 9.75. The van der Waals surface area contributed by atoms with Crippen molar-refractivity contribution in [2.75, 3.05) is 18.2 Å². The Labute approximate surface area is 184 Å². The third-order valence-electron chi connectivity index (χ3n) is 4.85. The van der Waals surface area contributed by atoms with Crippen LogP contribution < -0.4 is 15.5 Å². The van der Waals surface area contributed by atoms with Crippen molar-refractivity contribution in [3.8, 4) is 16.9 Å². The molecule has 0 radical (unpaired) electrons. The number of anilines is 1. The molecule has 0 unspecified atom stereocenters. The van der Waals surface area contributed by atoms with Crippen molar-refractivity contribution in [2.45, 2.75) is 11.8 Å². The van der Waals surface area contributed by atoms with Gasteiger partial charge >= 0.3 is 0 Å². The van der Waals surface area contributed by atoms with Gasteiger partial charge in [0.1, 0.15) is 17.1 Å². The molecule has 1 N–H and O–H groups in total. The summed E-state index contributed by atoms with van der Waals surface area (Å²) in [5, 5.41) is 3.27. The summed E-state index contributed by atoms with van der Waals surface area (Å²) >= 11 is 1.64. The van der Waals surface area contributed by atoms with Crippen LogP contribution in [0, 0.1) is 6.92 Å². The summed E-state index contributed by atoms with van der Waals surface area (Å²) in [6, 6.07) is 22.0. The van der Waals surface area contributed by atoms with Crippen LogP contribution in [-0.2, 0) is 4.79 Å². The Balaban J connectivity index is 1.50. The van der Waals surface area contributed by atoms with E-state index in [2.05, 4.69) is 5.32 Å². The number of carbonyl (C=O) groups is 1. The predicted octanol–water partition coefficient (Wildman–Crippen LogP) is 5.51. The lowest BCUT2D eigenvalue weighted by molar-refractivity contribution is -0.118. The van der Waals surface area contributed by atoms with Crippen molar-refractivity contribution in [3.05, 3.63) is 88.8 Å². The lowest BCUT2D eigenvalue weighted by atomic mass is 10.0. The highest BCUT2D eigenvalue weighted by atomic mass is 32.2. The second-order valence-electron chi connectivity index (χ2n) is 6.95. The fourth-order valence-electron chi connectivity index (χ4n) is 3.33. The van der Waals surface area contributed by atoms with Gasteiger partial charge in [-0.2, -0.15) is 0 Å². The maximum atomic E-state index is 13.0. The summed E-state index contributed by atoms with van der Waals surface area (Å²) < 4.78 is 11.5. The molecular formula is C25H21NO4S. The molecule has 0 atom stereocenters. The van der Waals surface area contributed by atoms with Gasteiger partial charge in [0.05, 0.1) is 10.9 Å². The average molecular weight is 432 g/mol. The Hall–Kier alpha value is -3.51. The van der Waals surface area contributed by atoms with Gasteiger partial charge in [-0.15, -0.1) is 11.8 Å². The first kappa shape index (κ1) is 20.8. The summed E-state index contributed by atoms with van der Waals surface area (Å²) in [4.78, 5) is 26.3. The molecule has 0 bridgehead atoms. The summed E-state index contributed by atoms with van der Waals surface area (Å²) in [6.07, 6.45) is 2.00. The Morgan fingerprint density at radius 1 is 1.03 bits per heavy atom. The molecular weight excluding hydrogens is 410 g/mol. The van der Waals surface area contributed by atoms with Crippen molar-refractivity contribution in [3.63, 3.8) is 0 Å². The van der Waals surface area contributed by atoms with Gasteiger partial charge in [-0.3, -0.25) is 9.59 Å². The van der Waals surface area contributed by atoms with E-state index in [4.69, 9.17) is 9.15 Å². The van der Waals surface area contributed by atoms with E-state index in [0.717, 1.165) is 10.5 Å². The largest absolute Gasteiger partial charge is 0.484 e. The van der Waals surface area contributed by atoms with E-state index in [1.807, 2.05) is 60.9 Å². The normalized spacial score (nSPS) is 10.8. The van der Waals surface area contributed by atoms with Crippen LogP contribution in [0.3, 0.4) is 0 Å². The molecule has 1 heterocycles. The molecule has 156 valence electrons. The number of nitrogens with one attached hydrogen (secondary N) is 1. The molecule has 4 aromatic rings. The van der Waals surface area contributed by atoms with Gasteiger partial charge in [-0.1, -0.05) is 30.3 Å². The molecule has 0 aliphatic heterocycles. The van der Waals surface area contributed by atoms with Crippen LogP contribution in [0.1, 0.15) is 5.76 Å². The molecule has 5 nitrogen and oxygen atoms in total. The third-order valence-corrected chi connectivity index (χ3v) is 5.59. The number of rotatable bonds is 6. The lowest BCUT2D eigenvalue weighted by Crippen LogP contribution is -2.20. The number of hydrogen-bond donors (Lipinski definition) is 1. The molecule has 6 heteroatoms. The van der Waals surface area contributed by atoms with E-state index >= 15 is 0 Å². The summed E-state index contributed by atoms with van der Waals surface area (Å²) in [5.41, 5.74) is 2.41. The number of hydrogen-bond acceptors (Lipinski definition) is 5. The minimum Gasteiger partial charge on any atom is -0.484 e. The second-order valence-corrected chi connectivity index (χ2v) is 7.83. The maximum Gasteiger partial charge on any atom is 0.262 e. The van der Waals surface area contributed by atoms with Crippen molar-refractivity contribution < 1.29 is 13.9 Å². The van der Waals surface area contributed by atoms with Crippen LogP contribution in [-0.4, -0.2) is 18.8 Å². The summed E-state index contributed by atoms with van der Waals surface area (Å²) in [7, 11) is 0. The highest BCUT2D eigenvalue weighted by Gasteiger charge is 2.14. The number of fused-ring (bicyclic) bond motifs is 1. The molecule has 0 saturated carbocycles. The smallest absolute Gasteiger partial charge is 0.262 e. The van der Waals surface area contributed by atoms with Crippen molar-refractivity contribution in [1.82, 2.24) is 0 Å². The molecule has 1 amide bonds. The van der Waals surface area contributed by atoms with Crippen molar-refractivity contribution in [2.24, 2.45) is 0 Å². The zero-order valence-electron chi connectivity index (χ0n) is 17.2. The molecule has 0 aliphatic rings. The Morgan fingerprint density at radius 3 is 2.48 bits per heavy atom. The minimum absolute atomic E-state index is 0.0945. The van der Waals surface area contributed by atoms with Crippen LogP contribution in [0.2, 0.25) is 0 Å². The summed E-state index contributed by atoms with van der Waals surface area (Å²) in [5.74, 6) is 0.719. The zero-order chi connectivity index (χ0) is 21.8. The first-order valence-corrected chi connectivity index (χ1v) is 11.0. The van der Waals surface area contributed by atoms with E-state index < -0.39 is 0 Å². The average Bonchev–Trinajstić information content (AvgIpc) is 2.79. The molecule has 1 aromatic heterocycles. The highest BCUT2D eigenvalue weighted by molar-refractivity contribution is 7.98. The van der Waals surface area contributed by atoms with Crippen LogP contribution >= 0.6 is 11.8 Å². The Morgan fingerprint density at radius 2 is 1.77 bits per heavy atom. The van der Waals surface area contributed by atoms with Gasteiger partial charge in [0.15, 0.2) is 6.61 Å². The monoisotopic (exact) mass is 431 g/mol. The SMILES string of the molecule is CSc1ccc(NC(=O)COc2ccc3c(=O)c(-c4ccccc4)c(C)oc3c2)cc1. The number of benzene rings is 3. The molecule has 31 heavy (non-hydrogen) atoms. The van der Waals surface area contributed by atoms with E-state index in [9.17, 15) is 9.59 Å². The number of carbonyl (C=O) groups excluding carboxylic acids is 1. The summed E-state index contributed by atoms with van der Waals surface area (Å²) in [6.45, 7) is 1.62. The molecule has 0 aliphatic carbocycles. The lowest BCUT2D eigenvalue weighted by Gasteiger charge is -2.10. The van der Waals surface area contributed by atoms with Gasteiger partial charge in [0.25, 0.3) is 5.91 Å². The van der Waals surface area contributed by atoms with Crippen LogP contribution in [0.4, 0.5) is 5.69 Å². The van der Waals surface area contributed by atoms with Crippen molar-refractivity contribution in [1.29, 1.82) is 0 Å². The van der Waals surface area contributed by atoms with E-state index in [-0.39, 0.29) is 17.9 Å². The van der Waals surface area contributed by atoms with E-state index in [1.54, 1.807) is 36.9 Å². The maximum absolute atomic E-state index is 13.0. The van der Waals surface area contributed by atoms with Gasteiger partial charge in [0, 0.05) is 16.6 Å². The van der Waals surface area contributed by atoms with Crippen molar-refractivity contribution >= 4 is 34.3 Å². The fourth-order valence-corrected chi connectivity index (χ4v) is 3.74. The van der Waals surface area contributed by atoms with E-state index in [1.165, 1.54) is 0 Å². The molecule has 4 rings (SSSR count). The van der Waals surface area contributed by atoms with Crippen LogP contribution in [0.25, 0.3) is 22.1 Å². The third kappa shape index (κ3) is 4.64.